The largest absolute Gasteiger partial charge is 0.460 e. The summed E-state index contributed by atoms with van der Waals surface area (Å²) in [6, 6.07) is 6.01. The Balaban J connectivity index is 1.60. The molecular formula is C22H28O5. The third kappa shape index (κ3) is 3.06. The van der Waals surface area contributed by atoms with Crippen molar-refractivity contribution in [1.82, 2.24) is 0 Å². The van der Waals surface area contributed by atoms with Crippen molar-refractivity contribution in [3.05, 3.63) is 29.3 Å². The molecule has 1 aromatic rings. The number of fused-ring (bicyclic) bond motifs is 5. The van der Waals surface area contributed by atoms with Crippen LogP contribution in [-0.2, 0) is 20.7 Å². The second kappa shape index (κ2) is 6.62. The van der Waals surface area contributed by atoms with Crippen molar-refractivity contribution < 1.29 is 24.2 Å². The van der Waals surface area contributed by atoms with Gasteiger partial charge >= 0.3 is 11.9 Å². The summed E-state index contributed by atoms with van der Waals surface area (Å²) in [6.07, 6.45) is 3.75. The van der Waals surface area contributed by atoms with E-state index < -0.39 is 6.10 Å². The molecule has 0 aromatic heterocycles. The van der Waals surface area contributed by atoms with E-state index in [1.54, 1.807) is 0 Å². The predicted molar refractivity (Wildman–Crippen MR) is 99.3 cm³/mol. The van der Waals surface area contributed by atoms with Gasteiger partial charge in [-0.05, 0) is 73.1 Å². The fourth-order valence-electron chi connectivity index (χ4n) is 6.08. The number of ether oxygens (including phenoxy) is 2. The molecule has 4 rings (SSSR count). The number of hydrogen-bond acceptors (Lipinski definition) is 5. The number of carbonyl (C=O) groups is 2. The number of carbonyl (C=O) groups excluding carboxylic acids is 2. The second-order valence-electron chi connectivity index (χ2n) is 8.74. The lowest BCUT2D eigenvalue weighted by molar-refractivity contribution is -0.153. The van der Waals surface area contributed by atoms with Crippen molar-refractivity contribution in [2.75, 3.05) is 0 Å². The van der Waals surface area contributed by atoms with Crippen LogP contribution in [0.5, 0.6) is 5.75 Å². The molecule has 0 amide bonds. The van der Waals surface area contributed by atoms with Gasteiger partial charge in [0, 0.05) is 19.3 Å². The summed E-state index contributed by atoms with van der Waals surface area (Å²) in [5.74, 6) is 1.31. The maximum Gasteiger partial charge on any atom is 0.308 e. The van der Waals surface area contributed by atoms with Crippen LogP contribution in [-0.4, -0.2) is 29.3 Å². The first kappa shape index (κ1) is 18.5. The van der Waals surface area contributed by atoms with Crippen molar-refractivity contribution in [1.29, 1.82) is 0 Å². The molecule has 146 valence electrons. The molecule has 2 fully saturated rings. The molecule has 0 radical (unpaired) electrons. The van der Waals surface area contributed by atoms with E-state index in [0.29, 0.717) is 23.5 Å². The maximum absolute atomic E-state index is 11.4. The second-order valence-corrected chi connectivity index (χ2v) is 8.74. The first-order valence-electron chi connectivity index (χ1n) is 9.96. The molecule has 5 heteroatoms. The highest BCUT2D eigenvalue weighted by molar-refractivity contribution is 5.69. The average molecular weight is 372 g/mol. The highest BCUT2D eigenvalue weighted by Gasteiger charge is 2.59. The standard InChI is InChI=1S/C22H28O5/c1-12(23)26-15-5-7-16-14(10-15)4-6-18-17(16)8-9-22(3)19(18)11-20(21(22)25)27-13(2)24/h5,7,10,17-21,25H,4,6,8-9,11H2,1-3H3. The quantitative estimate of drug-likeness (QED) is 0.636. The maximum atomic E-state index is 11.4. The summed E-state index contributed by atoms with van der Waals surface area (Å²) in [5.41, 5.74) is 2.44. The SMILES string of the molecule is CC(=O)Oc1ccc2c(c1)CCC1C2CCC2(C)C(O)C(OC(C)=O)CC12. The summed E-state index contributed by atoms with van der Waals surface area (Å²) >= 11 is 0. The lowest BCUT2D eigenvalue weighted by Gasteiger charge is -2.49. The predicted octanol–water partition coefficient (Wildman–Crippen LogP) is 3.37. The zero-order valence-electron chi connectivity index (χ0n) is 16.2. The number of hydrogen-bond donors (Lipinski definition) is 1. The van der Waals surface area contributed by atoms with Gasteiger partial charge in [-0.3, -0.25) is 9.59 Å². The number of esters is 2. The molecule has 3 aliphatic rings. The average Bonchev–Trinajstić information content (AvgIpc) is 2.85. The summed E-state index contributed by atoms with van der Waals surface area (Å²) in [7, 11) is 0. The van der Waals surface area contributed by atoms with E-state index in [9.17, 15) is 14.7 Å². The van der Waals surface area contributed by atoms with Crippen LogP contribution in [0.15, 0.2) is 18.2 Å². The van der Waals surface area contributed by atoms with E-state index in [1.807, 2.05) is 12.1 Å². The zero-order chi connectivity index (χ0) is 19.3. The Morgan fingerprint density at radius 1 is 1.19 bits per heavy atom. The van der Waals surface area contributed by atoms with Gasteiger partial charge < -0.3 is 14.6 Å². The monoisotopic (exact) mass is 372 g/mol. The summed E-state index contributed by atoms with van der Waals surface area (Å²) in [6.45, 7) is 5.00. The van der Waals surface area contributed by atoms with Crippen LogP contribution in [0, 0.1) is 17.3 Å². The molecule has 3 aliphatic carbocycles. The van der Waals surface area contributed by atoms with Crippen LogP contribution in [0.3, 0.4) is 0 Å². The third-order valence-electron chi connectivity index (χ3n) is 7.23. The van der Waals surface area contributed by atoms with Crippen LogP contribution >= 0.6 is 0 Å². The zero-order valence-corrected chi connectivity index (χ0v) is 16.2. The molecule has 1 aromatic carbocycles. The minimum absolute atomic E-state index is 0.184. The van der Waals surface area contributed by atoms with Crippen LogP contribution in [0.25, 0.3) is 0 Å². The third-order valence-corrected chi connectivity index (χ3v) is 7.23. The molecule has 1 N–H and O–H groups in total. The van der Waals surface area contributed by atoms with Crippen molar-refractivity contribution >= 4 is 11.9 Å². The molecule has 27 heavy (non-hydrogen) atoms. The topological polar surface area (TPSA) is 72.8 Å². The van der Waals surface area contributed by atoms with E-state index in [-0.39, 0.29) is 23.5 Å². The van der Waals surface area contributed by atoms with Crippen molar-refractivity contribution in [2.24, 2.45) is 17.3 Å². The Labute approximate surface area is 160 Å². The lowest BCUT2D eigenvalue weighted by Crippen LogP contribution is -2.45. The molecule has 0 aliphatic heterocycles. The van der Waals surface area contributed by atoms with Gasteiger partial charge in [0.1, 0.15) is 11.9 Å². The molecule has 2 saturated carbocycles. The molecule has 0 bridgehead atoms. The van der Waals surface area contributed by atoms with Crippen molar-refractivity contribution in [2.45, 2.75) is 71.0 Å². The van der Waals surface area contributed by atoms with Gasteiger partial charge in [-0.2, -0.15) is 0 Å². The van der Waals surface area contributed by atoms with Gasteiger partial charge in [-0.15, -0.1) is 0 Å². The first-order valence-corrected chi connectivity index (χ1v) is 9.96. The minimum Gasteiger partial charge on any atom is -0.460 e. The van der Waals surface area contributed by atoms with Crippen LogP contribution in [0.1, 0.15) is 63.5 Å². The smallest absolute Gasteiger partial charge is 0.308 e. The van der Waals surface area contributed by atoms with Crippen molar-refractivity contribution in [3.63, 3.8) is 0 Å². The van der Waals surface area contributed by atoms with E-state index >= 15 is 0 Å². The highest BCUT2D eigenvalue weighted by atomic mass is 16.6. The molecule has 0 heterocycles. The van der Waals surface area contributed by atoms with Crippen LogP contribution in [0.2, 0.25) is 0 Å². The van der Waals surface area contributed by atoms with Gasteiger partial charge in [0.25, 0.3) is 0 Å². The van der Waals surface area contributed by atoms with Gasteiger partial charge in [-0.25, -0.2) is 0 Å². The van der Waals surface area contributed by atoms with Gasteiger partial charge in [-0.1, -0.05) is 13.0 Å². The van der Waals surface area contributed by atoms with E-state index in [1.165, 1.54) is 25.0 Å². The first-order chi connectivity index (χ1) is 12.8. The van der Waals surface area contributed by atoms with Gasteiger partial charge in [0.15, 0.2) is 0 Å². The Kier molecular flexibility index (Phi) is 4.53. The van der Waals surface area contributed by atoms with Gasteiger partial charge in [0.2, 0.25) is 0 Å². The van der Waals surface area contributed by atoms with Crippen LogP contribution < -0.4 is 4.74 Å². The van der Waals surface area contributed by atoms with Crippen LogP contribution in [0.4, 0.5) is 0 Å². The molecule has 6 unspecified atom stereocenters. The Morgan fingerprint density at radius 3 is 2.67 bits per heavy atom. The number of rotatable bonds is 2. The number of aryl methyl sites for hydroxylation is 1. The van der Waals surface area contributed by atoms with Crippen molar-refractivity contribution in [3.8, 4) is 5.75 Å². The van der Waals surface area contributed by atoms with Gasteiger partial charge in [0.05, 0.1) is 6.10 Å². The number of aliphatic hydroxyl groups is 1. The summed E-state index contributed by atoms with van der Waals surface area (Å²) < 4.78 is 10.7. The highest BCUT2D eigenvalue weighted by Crippen LogP contribution is 2.61. The molecule has 5 nitrogen and oxygen atoms in total. The Bertz CT molecular complexity index is 772. The molecule has 6 atom stereocenters. The fourth-order valence-corrected chi connectivity index (χ4v) is 6.08. The number of benzene rings is 1. The number of aliphatic hydroxyl groups excluding tert-OH is 1. The Morgan fingerprint density at radius 2 is 1.96 bits per heavy atom. The van der Waals surface area contributed by atoms with E-state index in [0.717, 1.165) is 32.1 Å². The fraction of sp³-hybridized carbons (Fsp3) is 0.636. The lowest BCUT2D eigenvalue weighted by atomic mass is 9.55. The molecular weight excluding hydrogens is 344 g/mol. The van der Waals surface area contributed by atoms with E-state index in [4.69, 9.17) is 9.47 Å². The Hall–Kier alpha value is -1.88. The summed E-state index contributed by atoms with van der Waals surface area (Å²) in [4.78, 5) is 22.7. The molecule has 0 spiro atoms. The molecule has 0 saturated heterocycles. The minimum atomic E-state index is -0.583. The summed E-state index contributed by atoms with van der Waals surface area (Å²) in [5, 5.41) is 10.9. The normalized spacial score (nSPS) is 37.0. The van der Waals surface area contributed by atoms with E-state index in [2.05, 4.69) is 13.0 Å².